The number of hydrogen-bond acceptors (Lipinski definition) is 4. The molecule has 0 heterocycles. The zero-order valence-corrected chi connectivity index (χ0v) is 12.9. The van der Waals surface area contributed by atoms with Crippen molar-refractivity contribution in [1.82, 2.24) is 0 Å². The van der Waals surface area contributed by atoms with E-state index in [9.17, 15) is 4.79 Å². The molecule has 0 saturated carbocycles. The van der Waals surface area contributed by atoms with E-state index in [1.807, 2.05) is 0 Å². The molecule has 0 saturated heterocycles. The van der Waals surface area contributed by atoms with Gasteiger partial charge in [-0.25, -0.2) is 4.79 Å². The molecule has 0 aliphatic heterocycles. The van der Waals surface area contributed by atoms with Crippen molar-refractivity contribution in [3.8, 4) is 0 Å². The fourth-order valence-corrected chi connectivity index (χ4v) is 1.80. The van der Waals surface area contributed by atoms with E-state index in [1.54, 1.807) is 0 Å². The predicted molar refractivity (Wildman–Crippen MR) is 78.2 cm³/mol. The average Bonchev–Trinajstić information content (AvgIpc) is 2.41. The number of unbranched alkanes of at least 4 members (excludes halogenated alkanes) is 4. The number of carbonyl (C=O) groups is 1. The molecule has 1 atom stereocenters. The van der Waals surface area contributed by atoms with Crippen LogP contribution in [0.15, 0.2) is 0 Å². The van der Waals surface area contributed by atoms with Crippen molar-refractivity contribution in [1.29, 1.82) is 0 Å². The summed E-state index contributed by atoms with van der Waals surface area (Å²) in [5.74, 6) is 0. The minimum absolute atomic E-state index is 0.315. The second kappa shape index (κ2) is 14.6. The van der Waals surface area contributed by atoms with Crippen LogP contribution in [-0.4, -0.2) is 43.8 Å². The van der Waals surface area contributed by atoms with E-state index in [0.29, 0.717) is 19.8 Å². The lowest BCUT2D eigenvalue weighted by atomic mass is 10.1. The molecular weight excluding hydrogens is 260 g/mol. The summed E-state index contributed by atoms with van der Waals surface area (Å²) < 4.78 is 15.6. The van der Waals surface area contributed by atoms with Crippen molar-refractivity contribution in [2.45, 2.75) is 64.9 Å². The van der Waals surface area contributed by atoms with Gasteiger partial charge < -0.3 is 19.3 Å². The highest BCUT2D eigenvalue weighted by atomic mass is 16.7. The molecule has 0 amide bonds. The summed E-state index contributed by atoms with van der Waals surface area (Å²) in [5, 5.41) is 8.68. The third-order valence-electron chi connectivity index (χ3n) is 2.97. The fraction of sp³-hybridized carbons (Fsp3) is 0.933. The lowest BCUT2D eigenvalue weighted by Gasteiger charge is -2.16. The Labute approximate surface area is 122 Å². The zero-order chi connectivity index (χ0) is 15.1. The normalized spacial score (nSPS) is 12.3. The van der Waals surface area contributed by atoms with Gasteiger partial charge in [-0.15, -0.1) is 0 Å². The van der Waals surface area contributed by atoms with Crippen LogP contribution in [0.3, 0.4) is 0 Å². The predicted octanol–water partition coefficient (Wildman–Crippen LogP) is 3.85. The lowest BCUT2D eigenvalue weighted by Crippen LogP contribution is -2.23. The fourth-order valence-electron chi connectivity index (χ4n) is 1.80. The largest absolute Gasteiger partial charge is 0.506 e. The first kappa shape index (κ1) is 19.2. The van der Waals surface area contributed by atoms with Crippen LogP contribution in [0.4, 0.5) is 4.79 Å². The molecule has 0 aromatic rings. The van der Waals surface area contributed by atoms with Crippen molar-refractivity contribution in [2.75, 3.05) is 26.4 Å². The lowest BCUT2D eigenvalue weighted by molar-refractivity contribution is -0.0213. The maximum absolute atomic E-state index is 10.6. The molecule has 0 aliphatic rings. The highest BCUT2D eigenvalue weighted by Gasteiger charge is 2.13. The van der Waals surface area contributed by atoms with Gasteiger partial charge in [0.2, 0.25) is 0 Å². The minimum Gasteiger partial charge on any atom is -0.450 e. The first-order valence-corrected chi connectivity index (χ1v) is 7.75. The second-order valence-corrected chi connectivity index (χ2v) is 4.90. The van der Waals surface area contributed by atoms with Gasteiger partial charge in [0, 0.05) is 6.61 Å². The molecule has 0 rings (SSSR count). The Bertz CT molecular complexity index is 220. The van der Waals surface area contributed by atoms with Crippen molar-refractivity contribution in [2.24, 2.45) is 0 Å². The van der Waals surface area contributed by atoms with Crippen LogP contribution in [0, 0.1) is 0 Å². The first-order chi connectivity index (χ1) is 9.70. The molecule has 0 fully saturated rings. The topological polar surface area (TPSA) is 65.0 Å². The molecule has 0 bridgehead atoms. The van der Waals surface area contributed by atoms with Gasteiger partial charge in [-0.1, -0.05) is 39.5 Å². The molecule has 0 aromatic carbocycles. The molecule has 0 aromatic heterocycles. The van der Waals surface area contributed by atoms with Crippen LogP contribution in [0.25, 0.3) is 0 Å². The molecular formula is C15H30O5. The molecule has 0 radical (unpaired) electrons. The monoisotopic (exact) mass is 290 g/mol. The van der Waals surface area contributed by atoms with Crippen LogP contribution in [0.5, 0.6) is 0 Å². The summed E-state index contributed by atoms with van der Waals surface area (Å²) in [7, 11) is 0. The van der Waals surface area contributed by atoms with Gasteiger partial charge in [0.15, 0.2) is 0 Å². The third-order valence-corrected chi connectivity index (χ3v) is 2.97. The molecule has 5 heteroatoms. The quantitative estimate of drug-likeness (QED) is 0.389. The summed E-state index contributed by atoms with van der Waals surface area (Å²) in [4.78, 5) is 10.6. The van der Waals surface area contributed by atoms with Crippen molar-refractivity contribution >= 4 is 6.16 Å². The molecule has 5 nitrogen and oxygen atoms in total. The molecule has 0 spiro atoms. The summed E-state index contributed by atoms with van der Waals surface area (Å²) in [6, 6.07) is 0. The Balaban J connectivity index is 3.61. The molecule has 120 valence electrons. The highest BCUT2D eigenvalue weighted by Crippen LogP contribution is 2.09. The number of hydrogen-bond donors (Lipinski definition) is 1. The Morgan fingerprint density at radius 3 is 2.30 bits per heavy atom. The summed E-state index contributed by atoms with van der Waals surface area (Å²) >= 11 is 0. The van der Waals surface area contributed by atoms with Gasteiger partial charge in [0.05, 0.1) is 19.8 Å². The second-order valence-electron chi connectivity index (χ2n) is 4.90. The Hall–Kier alpha value is -0.810. The van der Waals surface area contributed by atoms with E-state index >= 15 is 0 Å². The van der Waals surface area contributed by atoms with E-state index in [1.165, 1.54) is 6.42 Å². The van der Waals surface area contributed by atoms with E-state index in [2.05, 4.69) is 13.8 Å². The van der Waals surface area contributed by atoms with Crippen molar-refractivity contribution in [3.05, 3.63) is 0 Å². The Kier molecular flexibility index (Phi) is 14.0. The smallest absolute Gasteiger partial charge is 0.450 e. The zero-order valence-electron chi connectivity index (χ0n) is 12.9. The molecule has 1 unspecified atom stereocenters. The van der Waals surface area contributed by atoms with E-state index < -0.39 is 6.16 Å². The molecule has 0 aliphatic carbocycles. The highest BCUT2D eigenvalue weighted by molar-refractivity contribution is 5.57. The van der Waals surface area contributed by atoms with Crippen molar-refractivity contribution in [3.63, 3.8) is 0 Å². The Morgan fingerprint density at radius 1 is 0.950 bits per heavy atom. The minimum atomic E-state index is -1.23. The van der Waals surface area contributed by atoms with E-state index in [0.717, 1.165) is 45.1 Å². The van der Waals surface area contributed by atoms with Gasteiger partial charge in [-0.3, -0.25) is 0 Å². The third kappa shape index (κ3) is 13.6. The summed E-state index contributed by atoms with van der Waals surface area (Å²) in [6.07, 6.45) is 5.73. The molecule has 1 N–H and O–H groups in total. The van der Waals surface area contributed by atoms with Gasteiger partial charge >= 0.3 is 6.16 Å². The number of carboxylic acid groups (broad SMARTS) is 1. The summed E-state index contributed by atoms with van der Waals surface area (Å²) in [5.41, 5.74) is 0. The first-order valence-electron chi connectivity index (χ1n) is 7.75. The summed E-state index contributed by atoms with van der Waals surface area (Å²) in [6.45, 7) is 6.37. The SMILES string of the molecule is CCCCCCC(COCCOCCCC)OC(=O)O. The van der Waals surface area contributed by atoms with Crippen LogP contribution in [0.2, 0.25) is 0 Å². The van der Waals surface area contributed by atoms with Gasteiger partial charge in [0.25, 0.3) is 0 Å². The Morgan fingerprint density at radius 2 is 1.65 bits per heavy atom. The van der Waals surface area contributed by atoms with Gasteiger partial charge in [-0.05, 0) is 19.3 Å². The number of ether oxygens (including phenoxy) is 3. The standard InChI is InChI=1S/C15H30O5/c1-3-5-7-8-9-14(20-15(16)17)13-19-12-11-18-10-6-4-2/h14H,3-13H2,1-2H3,(H,16,17). The van der Waals surface area contributed by atoms with Gasteiger partial charge in [-0.2, -0.15) is 0 Å². The van der Waals surface area contributed by atoms with Crippen LogP contribution in [0.1, 0.15) is 58.8 Å². The van der Waals surface area contributed by atoms with E-state index in [4.69, 9.17) is 19.3 Å². The number of rotatable bonds is 14. The van der Waals surface area contributed by atoms with Crippen molar-refractivity contribution < 1.29 is 24.1 Å². The maximum Gasteiger partial charge on any atom is 0.506 e. The molecule has 20 heavy (non-hydrogen) atoms. The van der Waals surface area contributed by atoms with Crippen LogP contribution in [-0.2, 0) is 14.2 Å². The van der Waals surface area contributed by atoms with Crippen LogP contribution >= 0.6 is 0 Å². The van der Waals surface area contributed by atoms with Gasteiger partial charge in [0.1, 0.15) is 6.10 Å². The van der Waals surface area contributed by atoms with E-state index in [-0.39, 0.29) is 6.10 Å². The van der Waals surface area contributed by atoms with Crippen LogP contribution < -0.4 is 0 Å². The maximum atomic E-state index is 10.6. The average molecular weight is 290 g/mol.